The van der Waals surface area contributed by atoms with Gasteiger partial charge in [-0.2, -0.15) is 4.31 Å². The summed E-state index contributed by atoms with van der Waals surface area (Å²) in [5, 5.41) is 0.729. The molecule has 156 valence electrons. The second-order valence-electron chi connectivity index (χ2n) is 7.10. The largest absolute Gasteiger partial charge is 0.469 e. The summed E-state index contributed by atoms with van der Waals surface area (Å²) in [4.78, 5) is 16.4. The first-order valence-corrected chi connectivity index (χ1v) is 11.0. The van der Waals surface area contributed by atoms with Gasteiger partial charge in [0.15, 0.2) is 0 Å². The number of carbonyl (C=O) groups excluding carboxylic acids is 1. The lowest BCUT2D eigenvalue weighted by Gasteiger charge is -2.33. The van der Waals surface area contributed by atoms with Gasteiger partial charge in [0.05, 0.1) is 38.3 Å². The van der Waals surface area contributed by atoms with Crippen LogP contribution in [0.4, 0.5) is 0 Å². The summed E-state index contributed by atoms with van der Waals surface area (Å²) < 4.78 is 39.6. The molecule has 0 N–H and O–H groups in total. The number of carbonyl (C=O) groups is 1. The molecule has 1 aliphatic heterocycles. The van der Waals surface area contributed by atoms with Gasteiger partial charge in [-0.05, 0) is 23.3 Å². The summed E-state index contributed by atoms with van der Waals surface area (Å²) >= 11 is 0. The predicted molar refractivity (Wildman–Crippen MR) is 111 cm³/mol. The topological polar surface area (TPSA) is 85.8 Å². The molecule has 0 amide bonds. The summed E-state index contributed by atoms with van der Waals surface area (Å²) in [7, 11) is -2.70. The van der Waals surface area contributed by atoms with Crippen LogP contribution in [0.15, 0.2) is 65.7 Å². The Morgan fingerprint density at radius 1 is 1.13 bits per heavy atom. The molecule has 0 saturated heterocycles. The first-order valence-electron chi connectivity index (χ1n) is 9.57. The second kappa shape index (κ2) is 8.51. The zero-order valence-electron chi connectivity index (χ0n) is 16.5. The standard InChI is InChI=1S/C22H22N2O5S/c1-28-21(25)12-19-15-29-14-18-7-3-2-6-17(18)13-24(19)30(26,27)20-10-4-8-16-9-5-11-23-22(16)20/h2-11,19H,12-15H2,1H3/t19-/m1/s1. The van der Waals surface area contributed by atoms with Crippen molar-refractivity contribution >= 4 is 26.9 Å². The van der Waals surface area contributed by atoms with Crippen LogP contribution in [0.3, 0.4) is 0 Å². The lowest BCUT2D eigenvalue weighted by molar-refractivity contribution is -0.142. The third-order valence-electron chi connectivity index (χ3n) is 5.23. The Hall–Kier alpha value is -2.81. The zero-order valence-corrected chi connectivity index (χ0v) is 17.3. The molecular weight excluding hydrogens is 404 g/mol. The summed E-state index contributed by atoms with van der Waals surface area (Å²) in [6, 6.07) is 15.5. The number of methoxy groups -OCH3 is 1. The number of rotatable bonds is 4. The van der Waals surface area contributed by atoms with Crippen LogP contribution < -0.4 is 0 Å². The van der Waals surface area contributed by atoms with Crippen molar-refractivity contribution in [2.45, 2.75) is 30.5 Å². The zero-order chi connectivity index (χ0) is 21.1. The number of esters is 1. The number of aromatic nitrogens is 1. The van der Waals surface area contributed by atoms with Crippen LogP contribution in [0.25, 0.3) is 10.9 Å². The van der Waals surface area contributed by atoms with E-state index in [4.69, 9.17) is 9.47 Å². The van der Waals surface area contributed by atoms with E-state index in [2.05, 4.69) is 4.98 Å². The number of fused-ring (bicyclic) bond motifs is 2. The minimum Gasteiger partial charge on any atom is -0.469 e. The summed E-state index contributed by atoms with van der Waals surface area (Å²) in [5.41, 5.74) is 2.15. The van der Waals surface area contributed by atoms with E-state index in [1.807, 2.05) is 36.4 Å². The molecular formula is C22H22N2O5S. The fourth-order valence-corrected chi connectivity index (χ4v) is 5.42. The second-order valence-corrected chi connectivity index (χ2v) is 8.96. The Morgan fingerprint density at radius 2 is 1.90 bits per heavy atom. The maximum absolute atomic E-state index is 13.8. The molecule has 1 atom stereocenters. The van der Waals surface area contributed by atoms with E-state index in [0.29, 0.717) is 12.1 Å². The van der Waals surface area contributed by atoms with E-state index in [1.54, 1.807) is 24.4 Å². The number of benzene rings is 2. The van der Waals surface area contributed by atoms with Crippen molar-refractivity contribution in [1.82, 2.24) is 9.29 Å². The fourth-order valence-electron chi connectivity index (χ4n) is 3.67. The van der Waals surface area contributed by atoms with E-state index >= 15 is 0 Å². The van der Waals surface area contributed by atoms with Crippen molar-refractivity contribution in [3.8, 4) is 0 Å². The van der Waals surface area contributed by atoms with Crippen molar-refractivity contribution < 1.29 is 22.7 Å². The molecule has 2 aromatic carbocycles. The van der Waals surface area contributed by atoms with Gasteiger partial charge in [0.25, 0.3) is 0 Å². The lowest BCUT2D eigenvalue weighted by atomic mass is 10.1. The van der Waals surface area contributed by atoms with Crippen molar-refractivity contribution in [3.05, 3.63) is 71.9 Å². The maximum atomic E-state index is 13.8. The molecule has 7 nitrogen and oxygen atoms in total. The number of pyridine rings is 1. The van der Waals surface area contributed by atoms with Gasteiger partial charge in [-0.25, -0.2) is 8.42 Å². The SMILES string of the molecule is COC(=O)C[C@@H]1COCc2ccccc2CN1S(=O)(=O)c1cccc2cccnc12. The Balaban J connectivity index is 1.84. The summed E-state index contributed by atoms with van der Waals surface area (Å²) in [5.74, 6) is -0.492. The highest BCUT2D eigenvalue weighted by atomic mass is 32.2. The molecule has 0 radical (unpaired) electrons. The molecule has 8 heteroatoms. The Bertz CT molecular complexity index is 1170. The van der Waals surface area contributed by atoms with Gasteiger partial charge in [-0.15, -0.1) is 0 Å². The lowest BCUT2D eigenvalue weighted by Crippen LogP contribution is -2.45. The number of para-hydroxylation sites is 1. The van der Waals surface area contributed by atoms with Crippen LogP contribution in [0.1, 0.15) is 17.5 Å². The quantitative estimate of drug-likeness (QED) is 0.597. The van der Waals surface area contributed by atoms with Crippen molar-refractivity contribution in [1.29, 1.82) is 0 Å². The predicted octanol–water partition coefficient (Wildman–Crippen LogP) is 2.89. The van der Waals surface area contributed by atoms with Crippen LogP contribution in [-0.2, 0) is 37.4 Å². The van der Waals surface area contributed by atoms with E-state index in [9.17, 15) is 13.2 Å². The fraction of sp³-hybridized carbons (Fsp3) is 0.273. The number of hydrogen-bond acceptors (Lipinski definition) is 6. The first-order chi connectivity index (χ1) is 14.5. The number of nitrogens with zero attached hydrogens (tertiary/aromatic N) is 2. The molecule has 1 aliphatic rings. The maximum Gasteiger partial charge on any atom is 0.307 e. The number of sulfonamides is 1. The molecule has 1 aromatic heterocycles. The summed E-state index contributed by atoms with van der Waals surface area (Å²) in [6.45, 7) is 0.575. The van der Waals surface area contributed by atoms with Gasteiger partial charge >= 0.3 is 5.97 Å². The van der Waals surface area contributed by atoms with Crippen molar-refractivity contribution in [3.63, 3.8) is 0 Å². The normalized spacial score (nSPS) is 17.7. The number of ether oxygens (including phenoxy) is 2. The molecule has 2 heterocycles. The highest BCUT2D eigenvalue weighted by Crippen LogP contribution is 2.30. The monoisotopic (exact) mass is 426 g/mol. The van der Waals surface area contributed by atoms with Crippen LogP contribution >= 0.6 is 0 Å². The van der Waals surface area contributed by atoms with Crippen LogP contribution in [-0.4, -0.2) is 43.4 Å². The molecule has 0 unspecified atom stereocenters. The van der Waals surface area contributed by atoms with Gasteiger partial charge in [0.2, 0.25) is 10.0 Å². The summed E-state index contributed by atoms with van der Waals surface area (Å²) in [6.07, 6.45) is 1.47. The van der Waals surface area contributed by atoms with Crippen molar-refractivity contribution in [2.75, 3.05) is 13.7 Å². The molecule has 0 bridgehead atoms. The Morgan fingerprint density at radius 3 is 2.70 bits per heavy atom. The third kappa shape index (κ3) is 3.94. The van der Waals surface area contributed by atoms with E-state index in [-0.39, 0.29) is 24.5 Å². The minimum absolute atomic E-state index is 0.0842. The Kier molecular flexibility index (Phi) is 5.80. The molecule has 0 spiro atoms. The molecule has 0 fully saturated rings. The molecule has 0 aliphatic carbocycles. The number of hydrogen-bond donors (Lipinski definition) is 0. The third-order valence-corrected chi connectivity index (χ3v) is 7.16. The van der Waals surface area contributed by atoms with Crippen LogP contribution in [0, 0.1) is 0 Å². The van der Waals surface area contributed by atoms with E-state index in [0.717, 1.165) is 16.5 Å². The van der Waals surface area contributed by atoms with Gasteiger partial charge < -0.3 is 9.47 Å². The van der Waals surface area contributed by atoms with Crippen LogP contribution in [0.2, 0.25) is 0 Å². The highest BCUT2D eigenvalue weighted by molar-refractivity contribution is 7.89. The van der Waals surface area contributed by atoms with E-state index in [1.165, 1.54) is 11.4 Å². The van der Waals surface area contributed by atoms with Crippen LogP contribution in [0.5, 0.6) is 0 Å². The van der Waals surface area contributed by atoms with Gasteiger partial charge in [0.1, 0.15) is 4.90 Å². The molecule has 3 aromatic rings. The smallest absolute Gasteiger partial charge is 0.307 e. The molecule has 30 heavy (non-hydrogen) atoms. The van der Waals surface area contributed by atoms with Gasteiger partial charge in [-0.1, -0.05) is 42.5 Å². The molecule has 0 saturated carbocycles. The van der Waals surface area contributed by atoms with E-state index < -0.39 is 22.0 Å². The Labute approximate surface area is 175 Å². The van der Waals surface area contributed by atoms with Gasteiger partial charge in [-0.3, -0.25) is 9.78 Å². The molecule has 4 rings (SSSR count). The average molecular weight is 426 g/mol. The average Bonchev–Trinajstić information content (AvgIpc) is 2.75. The van der Waals surface area contributed by atoms with Gasteiger partial charge in [0, 0.05) is 18.1 Å². The highest BCUT2D eigenvalue weighted by Gasteiger charge is 2.36. The first kappa shape index (κ1) is 20.5. The minimum atomic E-state index is -3.99. The van der Waals surface area contributed by atoms with Crippen molar-refractivity contribution in [2.24, 2.45) is 0 Å².